The van der Waals surface area contributed by atoms with Crippen molar-refractivity contribution >= 4 is 5.91 Å². The Morgan fingerprint density at radius 3 is 2.61 bits per heavy atom. The maximum absolute atomic E-state index is 14.4. The molecule has 1 aliphatic carbocycles. The van der Waals surface area contributed by atoms with Crippen molar-refractivity contribution in [1.29, 1.82) is 0 Å². The van der Waals surface area contributed by atoms with Crippen LogP contribution in [-0.4, -0.2) is 22.3 Å². The summed E-state index contributed by atoms with van der Waals surface area (Å²) in [5.41, 5.74) is 5.78. The van der Waals surface area contributed by atoms with E-state index in [1.54, 1.807) is 6.07 Å². The van der Waals surface area contributed by atoms with Crippen LogP contribution in [0.3, 0.4) is 0 Å². The molecule has 1 unspecified atom stereocenters. The van der Waals surface area contributed by atoms with Crippen molar-refractivity contribution in [3.05, 3.63) is 53.3 Å². The summed E-state index contributed by atoms with van der Waals surface area (Å²) in [6.07, 6.45) is 4.93. The molecular weight excluding hydrogens is 363 g/mol. The molecule has 2 aromatic carbocycles. The number of hydrogen-bond donors (Lipinski definition) is 4. The second-order valence-corrected chi connectivity index (χ2v) is 7.13. The van der Waals surface area contributed by atoms with Gasteiger partial charge in [-0.3, -0.25) is 10.1 Å². The Morgan fingerprint density at radius 2 is 1.96 bits per heavy atom. The molecule has 5 N–H and O–H groups in total. The Bertz CT molecular complexity index is 837. The Labute approximate surface area is 163 Å². The van der Waals surface area contributed by atoms with Crippen molar-refractivity contribution in [1.82, 2.24) is 5.32 Å². The highest BCUT2D eigenvalue weighted by Gasteiger charge is 2.21. The van der Waals surface area contributed by atoms with Gasteiger partial charge in [0.05, 0.1) is 5.56 Å². The first kappa shape index (κ1) is 20.1. The van der Waals surface area contributed by atoms with Gasteiger partial charge < -0.3 is 20.7 Å². The van der Waals surface area contributed by atoms with Crippen LogP contribution in [0.1, 0.15) is 48.0 Å². The summed E-state index contributed by atoms with van der Waals surface area (Å²) < 4.78 is 19.8. The van der Waals surface area contributed by atoms with E-state index in [9.17, 15) is 19.4 Å². The fourth-order valence-corrected chi connectivity index (χ4v) is 3.49. The highest BCUT2D eigenvalue weighted by molar-refractivity contribution is 5.95. The molecule has 2 aromatic rings. The van der Waals surface area contributed by atoms with Crippen molar-refractivity contribution in [2.24, 2.45) is 11.7 Å². The summed E-state index contributed by atoms with van der Waals surface area (Å²) >= 11 is 0. The SMILES string of the molecule is NC(=O)c1ccc(Oc2ccc(CNC(O)C3CCCCC3)cc2F)cc1O. The van der Waals surface area contributed by atoms with Gasteiger partial charge in [0, 0.05) is 12.6 Å². The molecule has 1 aliphatic rings. The monoisotopic (exact) mass is 388 g/mol. The van der Waals surface area contributed by atoms with E-state index in [0.717, 1.165) is 25.7 Å². The number of aliphatic hydroxyl groups is 1. The van der Waals surface area contributed by atoms with E-state index in [-0.39, 0.29) is 28.7 Å². The van der Waals surface area contributed by atoms with Gasteiger partial charge in [0.25, 0.3) is 5.91 Å². The average molecular weight is 388 g/mol. The molecule has 3 rings (SSSR count). The number of halogens is 1. The standard InChI is InChI=1S/C21H25FN2O4/c22-17-10-13(12-24-21(27)14-4-2-1-3-5-14)6-9-19(17)28-15-7-8-16(20(23)26)18(25)11-15/h6-11,14,21,24-25,27H,1-5,12H2,(H2,23,26). The Balaban J connectivity index is 1.60. The lowest BCUT2D eigenvalue weighted by Gasteiger charge is -2.27. The number of primary amides is 1. The number of carbonyl (C=O) groups excluding carboxylic acids is 1. The van der Waals surface area contributed by atoms with Crippen LogP contribution in [0.5, 0.6) is 17.2 Å². The molecule has 1 fully saturated rings. The molecule has 1 amide bonds. The lowest BCUT2D eigenvalue weighted by Crippen LogP contribution is -2.36. The summed E-state index contributed by atoms with van der Waals surface area (Å²) in [5, 5.41) is 23.1. The van der Waals surface area contributed by atoms with E-state index in [1.807, 2.05) is 0 Å². The molecule has 0 aromatic heterocycles. The topological polar surface area (TPSA) is 105 Å². The minimum Gasteiger partial charge on any atom is -0.507 e. The first-order valence-electron chi connectivity index (χ1n) is 9.44. The number of carbonyl (C=O) groups is 1. The second-order valence-electron chi connectivity index (χ2n) is 7.13. The molecule has 0 spiro atoms. The van der Waals surface area contributed by atoms with E-state index >= 15 is 0 Å². The molecule has 6 nitrogen and oxygen atoms in total. The van der Waals surface area contributed by atoms with Crippen LogP contribution in [-0.2, 0) is 6.54 Å². The Morgan fingerprint density at radius 1 is 1.21 bits per heavy atom. The Hall–Kier alpha value is -2.64. The lowest BCUT2D eigenvalue weighted by atomic mass is 9.88. The van der Waals surface area contributed by atoms with E-state index in [1.165, 1.54) is 36.8 Å². The number of amides is 1. The second kappa shape index (κ2) is 9.03. The molecule has 0 radical (unpaired) electrons. The summed E-state index contributed by atoms with van der Waals surface area (Å²) in [5.74, 6) is -1.24. The predicted octanol–water partition coefficient (Wildman–Crippen LogP) is 3.41. The van der Waals surface area contributed by atoms with Crippen LogP contribution in [0.4, 0.5) is 4.39 Å². The van der Waals surface area contributed by atoms with Crippen molar-refractivity contribution in [2.45, 2.75) is 44.9 Å². The number of rotatable bonds is 7. The van der Waals surface area contributed by atoms with Gasteiger partial charge in [-0.2, -0.15) is 0 Å². The summed E-state index contributed by atoms with van der Waals surface area (Å²) in [7, 11) is 0. The molecular formula is C21H25FN2O4. The van der Waals surface area contributed by atoms with E-state index in [2.05, 4.69) is 5.32 Å². The highest BCUT2D eigenvalue weighted by Crippen LogP contribution is 2.30. The summed E-state index contributed by atoms with van der Waals surface area (Å²) in [4.78, 5) is 11.1. The lowest BCUT2D eigenvalue weighted by molar-refractivity contribution is 0.0536. The minimum atomic E-state index is -0.762. The van der Waals surface area contributed by atoms with Crippen molar-refractivity contribution in [2.75, 3.05) is 0 Å². The fraction of sp³-hybridized carbons (Fsp3) is 0.381. The number of hydrogen-bond acceptors (Lipinski definition) is 5. The van der Waals surface area contributed by atoms with Gasteiger partial charge in [0.2, 0.25) is 0 Å². The molecule has 1 saturated carbocycles. The first-order chi connectivity index (χ1) is 13.4. The quantitative estimate of drug-likeness (QED) is 0.544. The molecule has 1 atom stereocenters. The van der Waals surface area contributed by atoms with Crippen molar-refractivity contribution in [3.63, 3.8) is 0 Å². The fourth-order valence-electron chi connectivity index (χ4n) is 3.49. The number of aliphatic hydroxyl groups excluding tert-OH is 1. The number of benzene rings is 2. The zero-order valence-electron chi connectivity index (χ0n) is 15.5. The molecule has 0 bridgehead atoms. The third kappa shape index (κ3) is 4.99. The predicted molar refractivity (Wildman–Crippen MR) is 103 cm³/mol. The number of nitrogens with two attached hydrogens (primary N) is 1. The molecule has 0 saturated heterocycles. The normalized spacial score (nSPS) is 15.9. The maximum atomic E-state index is 14.4. The molecule has 0 heterocycles. The molecule has 150 valence electrons. The van der Waals surface area contributed by atoms with E-state index in [4.69, 9.17) is 10.5 Å². The first-order valence-corrected chi connectivity index (χ1v) is 9.44. The van der Waals surface area contributed by atoms with Gasteiger partial charge in [0.15, 0.2) is 11.6 Å². The highest BCUT2D eigenvalue weighted by atomic mass is 19.1. The third-order valence-corrected chi connectivity index (χ3v) is 5.07. The number of phenols is 1. The van der Waals surface area contributed by atoms with Gasteiger partial charge in [-0.15, -0.1) is 0 Å². The molecule has 0 aliphatic heterocycles. The van der Waals surface area contributed by atoms with Gasteiger partial charge in [0.1, 0.15) is 17.7 Å². The maximum Gasteiger partial charge on any atom is 0.252 e. The molecule has 7 heteroatoms. The van der Waals surface area contributed by atoms with Gasteiger partial charge in [-0.25, -0.2) is 4.39 Å². The van der Waals surface area contributed by atoms with Crippen LogP contribution in [0, 0.1) is 11.7 Å². The smallest absolute Gasteiger partial charge is 0.252 e. The van der Waals surface area contributed by atoms with Crippen LogP contribution in [0.2, 0.25) is 0 Å². The van der Waals surface area contributed by atoms with E-state index < -0.39 is 18.0 Å². The van der Waals surface area contributed by atoms with Crippen LogP contribution in [0.15, 0.2) is 36.4 Å². The zero-order chi connectivity index (χ0) is 20.1. The number of ether oxygens (including phenoxy) is 1. The van der Waals surface area contributed by atoms with Gasteiger partial charge >= 0.3 is 0 Å². The van der Waals surface area contributed by atoms with Gasteiger partial charge in [-0.1, -0.05) is 25.3 Å². The Kier molecular flexibility index (Phi) is 6.49. The third-order valence-electron chi connectivity index (χ3n) is 5.07. The molecule has 28 heavy (non-hydrogen) atoms. The minimum absolute atomic E-state index is 0.0113. The summed E-state index contributed by atoms with van der Waals surface area (Å²) in [6, 6.07) is 8.48. The van der Waals surface area contributed by atoms with Crippen LogP contribution in [0.25, 0.3) is 0 Å². The van der Waals surface area contributed by atoms with Crippen LogP contribution >= 0.6 is 0 Å². The summed E-state index contributed by atoms with van der Waals surface area (Å²) in [6.45, 7) is 0.350. The van der Waals surface area contributed by atoms with Crippen LogP contribution < -0.4 is 15.8 Å². The zero-order valence-corrected chi connectivity index (χ0v) is 15.5. The average Bonchev–Trinajstić information content (AvgIpc) is 2.68. The number of nitrogens with one attached hydrogen (secondary N) is 1. The largest absolute Gasteiger partial charge is 0.507 e. The number of aromatic hydroxyl groups is 1. The van der Waals surface area contributed by atoms with Crippen molar-refractivity contribution in [3.8, 4) is 17.2 Å². The van der Waals surface area contributed by atoms with Crippen molar-refractivity contribution < 1.29 is 24.1 Å². The van der Waals surface area contributed by atoms with E-state index in [0.29, 0.717) is 12.1 Å². The van der Waals surface area contributed by atoms with Gasteiger partial charge in [-0.05, 0) is 48.6 Å².